The summed E-state index contributed by atoms with van der Waals surface area (Å²) in [6.07, 6.45) is 0.152. The van der Waals surface area contributed by atoms with Gasteiger partial charge in [-0.3, -0.25) is 0 Å². The highest BCUT2D eigenvalue weighted by Gasteiger charge is 2.29. The molecular formula is C21H37ClFNO2. The number of benzene rings is 1. The molecule has 0 radical (unpaired) electrons. The molecular weight excluding hydrogens is 353 g/mol. The molecule has 0 N–H and O–H groups in total. The molecule has 1 saturated heterocycles. The fourth-order valence-electron chi connectivity index (χ4n) is 2.00. The van der Waals surface area contributed by atoms with E-state index in [1.807, 2.05) is 52.0 Å². The lowest BCUT2D eigenvalue weighted by atomic mass is 10.2. The van der Waals surface area contributed by atoms with E-state index in [9.17, 15) is 9.18 Å². The third kappa shape index (κ3) is 12.1. The number of ether oxygens (including phenoxy) is 1. The second kappa shape index (κ2) is 14.8. The van der Waals surface area contributed by atoms with Crippen molar-refractivity contribution in [2.75, 3.05) is 13.1 Å². The van der Waals surface area contributed by atoms with Crippen molar-refractivity contribution in [1.29, 1.82) is 0 Å². The predicted molar refractivity (Wildman–Crippen MR) is 111 cm³/mol. The van der Waals surface area contributed by atoms with Crippen molar-refractivity contribution in [2.45, 2.75) is 80.0 Å². The van der Waals surface area contributed by atoms with Gasteiger partial charge in [-0.25, -0.2) is 9.18 Å². The summed E-state index contributed by atoms with van der Waals surface area (Å²) < 4.78 is 17.8. The van der Waals surface area contributed by atoms with E-state index in [-0.39, 0.29) is 6.54 Å². The molecule has 1 aliphatic rings. The summed E-state index contributed by atoms with van der Waals surface area (Å²) in [6.45, 7) is 16.1. The van der Waals surface area contributed by atoms with Crippen molar-refractivity contribution in [3.8, 4) is 0 Å². The highest BCUT2D eigenvalue weighted by atomic mass is 35.5. The van der Waals surface area contributed by atoms with E-state index in [1.54, 1.807) is 20.8 Å². The molecule has 1 atom stereocenters. The molecule has 0 saturated carbocycles. The summed E-state index contributed by atoms with van der Waals surface area (Å²) in [6, 6.07) is 7.91. The van der Waals surface area contributed by atoms with Gasteiger partial charge in [-0.15, -0.1) is 0 Å². The summed E-state index contributed by atoms with van der Waals surface area (Å²) in [5, 5.41) is 0.875. The summed E-state index contributed by atoms with van der Waals surface area (Å²) in [7, 11) is 0. The molecule has 1 fully saturated rings. The van der Waals surface area contributed by atoms with Crippen LogP contribution in [0.2, 0.25) is 5.02 Å². The predicted octanol–water partition coefficient (Wildman–Crippen LogP) is 6.92. The molecule has 3 nitrogen and oxygen atoms in total. The van der Waals surface area contributed by atoms with Crippen molar-refractivity contribution < 1.29 is 13.9 Å². The Labute approximate surface area is 164 Å². The molecule has 1 heterocycles. The van der Waals surface area contributed by atoms with E-state index < -0.39 is 17.9 Å². The SMILES string of the molecule is CC.CC.CC(C)(C)OC(=O)N1CCC(F)C1.CCc1ccccc1Cl. The highest BCUT2D eigenvalue weighted by molar-refractivity contribution is 6.31. The van der Waals surface area contributed by atoms with Crippen LogP contribution < -0.4 is 0 Å². The molecule has 5 heteroatoms. The van der Waals surface area contributed by atoms with E-state index in [1.165, 1.54) is 10.5 Å². The topological polar surface area (TPSA) is 29.5 Å². The molecule has 2 rings (SSSR count). The van der Waals surface area contributed by atoms with Gasteiger partial charge in [0.15, 0.2) is 0 Å². The summed E-state index contributed by atoms with van der Waals surface area (Å²) >= 11 is 5.82. The lowest BCUT2D eigenvalue weighted by molar-refractivity contribution is 0.0284. The van der Waals surface area contributed by atoms with Gasteiger partial charge in [0.05, 0.1) is 6.54 Å². The van der Waals surface area contributed by atoms with Gasteiger partial charge in [0, 0.05) is 11.6 Å². The average molecular weight is 390 g/mol. The van der Waals surface area contributed by atoms with Crippen molar-refractivity contribution in [3.63, 3.8) is 0 Å². The average Bonchev–Trinajstić information content (AvgIpc) is 3.05. The molecule has 152 valence electrons. The van der Waals surface area contributed by atoms with Crippen LogP contribution in [0.15, 0.2) is 24.3 Å². The van der Waals surface area contributed by atoms with Gasteiger partial charge in [0.2, 0.25) is 0 Å². The van der Waals surface area contributed by atoms with E-state index in [4.69, 9.17) is 16.3 Å². The third-order valence-electron chi connectivity index (χ3n) is 3.12. The van der Waals surface area contributed by atoms with Gasteiger partial charge in [-0.1, -0.05) is 64.4 Å². The zero-order valence-electron chi connectivity index (χ0n) is 17.7. The van der Waals surface area contributed by atoms with Crippen molar-refractivity contribution in [3.05, 3.63) is 34.9 Å². The van der Waals surface area contributed by atoms with Gasteiger partial charge >= 0.3 is 6.09 Å². The molecule has 0 spiro atoms. The molecule has 1 aromatic rings. The molecule has 1 unspecified atom stereocenters. The van der Waals surface area contributed by atoms with Crippen LogP contribution in [0.5, 0.6) is 0 Å². The largest absolute Gasteiger partial charge is 0.444 e. The minimum atomic E-state index is -0.882. The minimum absolute atomic E-state index is 0.176. The van der Waals surface area contributed by atoms with E-state index in [0.29, 0.717) is 13.0 Å². The Balaban J connectivity index is 0. The first-order chi connectivity index (χ1) is 12.2. The van der Waals surface area contributed by atoms with E-state index in [2.05, 4.69) is 6.92 Å². The monoisotopic (exact) mass is 389 g/mol. The van der Waals surface area contributed by atoms with Crippen LogP contribution in [0.4, 0.5) is 9.18 Å². The Morgan fingerprint density at radius 3 is 2.12 bits per heavy atom. The normalized spacial score (nSPS) is 15.5. The number of hydrogen-bond acceptors (Lipinski definition) is 2. The summed E-state index contributed by atoms with van der Waals surface area (Å²) in [4.78, 5) is 12.8. The fraction of sp³-hybridized carbons (Fsp3) is 0.667. The molecule has 1 aliphatic heterocycles. The highest BCUT2D eigenvalue weighted by Crippen LogP contribution is 2.16. The number of alkyl halides is 1. The molecule has 0 aliphatic carbocycles. The smallest absolute Gasteiger partial charge is 0.410 e. The standard InChI is InChI=1S/C9H16FNO2.C8H9Cl.2C2H6/c1-9(2,3)13-8(12)11-5-4-7(10)6-11;1-2-7-5-3-4-6-8(7)9;2*1-2/h7H,4-6H2,1-3H3;3-6H,2H2,1H3;2*1-2H3. The van der Waals surface area contributed by atoms with Crippen LogP contribution in [-0.4, -0.2) is 35.9 Å². The molecule has 1 aromatic carbocycles. The van der Waals surface area contributed by atoms with Crippen LogP contribution in [0.1, 0.15) is 67.4 Å². The van der Waals surface area contributed by atoms with Gasteiger partial charge in [-0.05, 0) is 45.2 Å². The maximum absolute atomic E-state index is 12.7. The minimum Gasteiger partial charge on any atom is -0.444 e. The van der Waals surface area contributed by atoms with Gasteiger partial charge in [-0.2, -0.15) is 0 Å². The fourth-order valence-corrected chi connectivity index (χ4v) is 2.26. The van der Waals surface area contributed by atoms with Gasteiger partial charge < -0.3 is 9.64 Å². The molecule has 0 bridgehead atoms. The number of aryl methyl sites for hydroxylation is 1. The molecule has 0 aromatic heterocycles. The lowest BCUT2D eigenvalue weighted by Crippen LogP contribution is -2.35. The first-order valence-electron chi connectivity index (χ1n) is 9.58. The third-order valence-corrected chi connectivity index (χ3v) is 3.49. The number of rotatable bonds is 1. The first kappa shape index (κ1) is 26.9. The Bertz CT molecular complexity index is 489. The van der Waals surface area contributed by atoms with Gasteiger partial charge in [0.25, 0.3) is 0 Å². The lowest BCUT2D eigenvalue weighted by Gasteiger charge is -2.23. The van der Waals surface area contributed by atoms with Crippen LogP contribution in [0, 0.1) is 0 Å². The van der Waals surface area contributed by atoms with E-state index in [0.717, 1.165) is 11.4 Å². The number of carbonyl (C=O) groups excluding carboxylic acids is 1. The second-order valence-electron chi connectivity index (χ2n) is 6.26. The van der Waals surface area contributed by atoms with Crippen LogP contribution in [0.3, 0.4) is 0 Å². The quantitative estimate of drug-likeness (QED) is 0.521. The summed E-state index contributed by atoms with van der Waals surface area (Å²) in [5.41, 5.74) is 0.727. The first-order valence-corrected chi connectivity index (χ1v) is 9.96. The Kier molecular flexibility index (Phi) is 15.4. The van der Waals surface area contributed by atoms with E-state index >= 15 is 0 Å². The van der Waals surface area contributed by atoms with Crippen molar-refractivity contribution in [2.24, 2.45) is 0 Å². The van der Waals surface area contributed by atoms with Crippen LogP contribution in [-0.2, 0) is 11.2 Å². The number of carbonyl (C=O) groups is 1. The Morgan fingerprint density at radius 2 is 1.77 bits per heavy atom. The summed E-state index contributed by atoms with van der Waals surface area (Å²) in [5.74, 6) is 0. The number of amides is 1. The number of nitrogens with zero attached hydrogens (tertiary/aromatic N) is 1. The van der Waals surface area contributed by atoms with Gasteiger partial charge in [0.1, 0.15) is 11.8 Å². The number of halogens is 2. The zero-order chi connectivity index (χ0) is 20.8. The van der Waals surface area contributed by atoms with Crippen molar-refractivity contribution in [1.82, 2.24) is 4.90 Å². The Hall–Kier alpha value is -1.29. The number of hydrogen-bond donors (Lipinski definition) is 0. The molecule has 26 heavy (non-hydrogen) atoms. The number of likely N-dealkylation sites (tertiary alicyclic amines) is 1. The maximum atomic E-state index is 12.7. The van der Waals surface area contributed by atoms with Crippen LogP contribution >= 0.6 is 11.6 Å². The van der Waals surface area contributed by atoms with Crippen LogP contribution in [0.25, 0.3) is 0 Å². The Morgan fingerprint density at radius 1 is 1.23 bits per heavy atom. The van der Waals surface area contributed by atoms with Crippen molar-refractivity contribution >= 4 is 17.7 Å². The maximum Gasteiger partial charge on any atom is 0.410 e. The second-order valence-corrected chi connectivity index (χ2v) is 6.66. The molecule has 1 amide bonds. The zero-order valence-corrected chi connectivity index (χ0v) is 18.5.